The molecular formula is C66H87N5O15. The molecular weight excluding hydrogens is 1100 g/mol. The number of anilines is 1. The Hall–Kier alpha value is -6.06. The monoisotopic (exact) mass is 1190 g/mol. The molecule has 13 rings (SSSR count). The third-order valence-electron chi connectivity index (χ3n) is 22.3. The van der Waals surface area contributed by atoms with Gasteiger partial charge in [-0.15, -0.1) is 0 Å². The number of urea groups is 1. The van der Waals surface area contributed by atoms with Crippen molar-refractivity contribution in [3.63, 3.8) is 0 Å². The lowest BCUT2D eigenvalue weighted by Gasteiger charge is -2.70. The van der Waals surface area contributed by atoms with E-state index in [0.29, 0.717) is 66.2 Å². The SMILES string of the molecule is C=C1/C(=C\C=C2/CCC[C@@]3(C)C2CCC3[C@@H](C)/C=C/C(O)C2CC2)C[C@@H](O)C[C@@H]1OC(=O)NC(C)(C)C(=O)NC(CCCNC(N)=O)C(=O)Nc1ccc(COC(=O)O[C@@H]2[C@@]3(C(C)C)O[C@H]3[C@@H]3O[C@@]34[C@@]3(C)CCC5=C(COC5=O)[C@@H]3C3C[C@@]24O3)cc1. The van der Waals surface area contributed by atoms with Crippen molar-refractivity contribution in [1.82, 2.24) is 16.0 Å². The van der Waals surface area contributed by atoms with E-state index in [1.54, 1.807) is 24.3 Å². The van der Waals surface area contributed by atoms with Gasteiger partial charge in [0, 0.05) is 42.0 Å². The number of nitrogens with one attached hydrogen (secondary N) is 4. The van der Waals surface area contributed by atoms with Crippen molar-refractivity contribution in [3.8, 4) is 0 Å². The summed E-state index contributed by atoms with van der Waals surface area (Å²) in [6.45, 7) is 18.5. The van der Waals surface area contributed by atoms with Crippen LogP contribution in [0.1, 0.15) is 144 Å². The van der Waals surface area contributed by atoms with Gasteiger partial charge in [0.2, 0.25) is 11.8 Å². The molecule has 1 aromatic carbocycles. The van der Waals surface area contributed by atoms with Crippen molar-refractivity contribution >= 4 is 41.8 Å². The van der Waals surface area contributed by atoms with E-state index in [1.165, 1.54) is 19.4 Å². The number of epoxide rings is 2. The lowest BCUT2D eigenvalue weighted by atomic mass is 9.42. The molecule has 466 valence electrons. The predicted molar refractivity (Wildman–Crippen MR) is 313 cm³/mol. The van der Waals surface area contributed by atoms with Crippen molar-refractivity contribution in [2.75, 3.05) is 18.5 Å². The van der Waals surface area contributed by atoms with Crippen LogP contribution < -0.4 is 27.0 Å². The lowest BCUT2D eigenvalue weighted by molar-refractivity contribution is -0.367. The van der Waals surface area contributed by atoms with Gasteiger partial charge in [-0.05, 0) is 160 Å². The summed E-state index contributed by atoms with van der Waals surface area (Å²) in [7, 11) is 0. The molecule has 6 saturated carbocycles. The topological polar surface area (TPSA) is 288 Å². The minimum atomic E-state index is -1.59. The summed E-state index contributed by atoms with van der Waals surface area (Å²) < 4.78 is 43.8. The van der Waals surface area contributed by atoms with Gasteiger partial charge in [0.25, 0.3) is 0 Å². The van der Waals surface area contributed by atoms with Crippen LogP contribution in [0.2, 0.25) is 0 Å². The third kappa shape index (κ3) is 10.2. The van der Waals surface area contributed by atoms with Crippen LogP contribution >= 0.6 is 0 Å². The number of carbonyl (C=O) groups excluding carboxylic acids is 6. The van der Waals surface area contributed by atoms with Crippen LogP contribution in [-0.2, 0) is 54.1 Å². The number of hydrogen-bond acceptors (Lipinski definition) is 15. The summed E-state index contributed by atoms with van der Waals surface area (Å²) in [5, 5.41) is 32.3. The van der Waals surface area contributed by atoms with Gasteiger partial charge in [0.1, 0.15) is 59.9 Å². The first-order valence-electron chi connectivity index (χ1n) is 31.5. The zero-order chi connectivity index (χ0) is 61.0. The summed E-state index contributed by atoms with van der Waals surface area (Å²) in [6, 6.07) is 4.75. The van der Waals surface area contributed by atoms with Crippen LogP contribution in [0.4, 0.5) is 20.1 Å². The number of esters is 1. The molecule has 20 heteroatoms. The van der Waals surface area contributed by atoms with Crippen molar-refractivity contribution in [3.05, 3.63) is 88.6 Å². The molecule has 2 bridgehead atoms. The number of hydrogen-bond donors (Lipinski definition) is 7. The quantitative estimate of drug-likeness (QED) is 0.0227. The van der Waals surface area contributed by atoms with Crippen molar-refractivity contribution in [2.45, 2.75) is 216 Å². The van der Waals surface area contributed by atoms with Crippen LogP contribution in [0, 0.1) is 46.3 Å². The highest BCUT2D eigenvalue weighted by molar-refractivity contribution is 5.99. The number of benzene rings is 1. The Balaban J connectivity index is 0.645. The largest absolute Gasteiger partial charge is 0.509 e. The first-order valence-corrected chi connectivity index (χ1v) is 31.5. The fourth-order valence-electron chi connectivity index (χ4n) is 17.6. The fourth-order valence-corrected chi connectivity index (χ4v) is 17.6. The summed E-state index contributed by atoms with van der Waals surface area (Å²) in [4.78, 5) is 79.6. The molecule has 1 aromatic rings. The highest BCUT2D eigenvalue weighted by Gasteiger charge is 2.99. The van der Waals surface area contributed by atoms with Crippen molar-refractivity contribution in [2.24, 2.45) is 52.1 Å². The molecule has 2 spiro atoms. The number of cyclic esters (lactones) is 1. The predicted octanol–water partition coefficient (Wildman–Crippen LogP) is 7.95. The van der Waals surface area contributed by atoms with E-state index in [4.69, 9.17) is 38.9 Å². The molecule has 5 unspecified atom stereocenters. The number of carbonyl (C=O) groups is 6. The van der Waals surface area contributed by atoms with E-state index in [0.717, 1.165) is 61.7 Å². The van der Waals surface area contributed by atoms with E-state index in [2.05, 4.69) is 60.8 Å². The molecule has 4 saturated heterocycles. The van der Waals surface area contributed by atoms with E-state index < -0.39 is 82.2 Å². The highest BCUT2D eigenvalue weighted by Crippen LogP contribution is 2.82. The van der Waals surface area contributed by atoms with Crippen LogP contribution in [0.25, 0.3) is 0 Å². The number of fused-ring (bicyclic) bond motifs is 3. The van der Waals surface area contributed by atoms with E-state index in [9.17, 15) is 39.0 Å². The maximum absolute atomic E-state index is 14.0. The minimum Gasteiger partial charge on any atom is -0.458 e. The first-order chi connectivity index (χ1) is 40.9. The fraction of sp³-hybridized carbons (Fsp3) is 0.667. The number of allylic oxidation sites excluding steroid dienone is 4. The molecule has 5 amide bonds. The van der Waals surface area contributed by atoms with Crippen LogP contribution in [0.3, 0.4) is 0 Å². The maximum Gasteiger partial charge on any atom is 0.509 e. The number of alkyl carbamates (subject to hydrolysis) is 1. The second-order valence-electron chi connectivity index (χ2n) is 28.1. The molecule has 8 N–H and O–H groups in total. The van der Waals surface area contributed by atoms with Gasteiger partial charge in [0.15, 0.2) is 6.10 Å². The number of amides is 5. The Morgan fingerprint density at radius 3 is 2.43 bits per heavy atom. The van der Waals surface area contributed by atoms with Gasteiger partial charge in [-0.1, -0.05) is 83.2 Å². The zero-order valence-corrected chi connectivity index (χ0v) is 50.7. The Morgan fingerprint density at radius 2 is 1.71 bits per heavy atom. The number of aliphatic hydroxyl groups excluding tert-OH is 2. The van der Waals surface area contributed by atoms with E-state index in [1.807, 2.05) is 26.0 Å². The van der Waals surface area contributed by atoms with Crippen molar-refractivity contribution < 1.29 is 72.1 Å². The molecule has 7 aliphatic carbocycles. The molecule has 86 heavy (non-hydrogen) atoms. The molecule has 5 aliphatic heterocycles. The average molecular weight is 1190 g/mol. The van der Waals surface area contributed by atoms with Gasteiger partial charge in [-0.25, -0.2) is 19.2 Å². The molecule has 0 aromatic heterocycles. The Labute approximate surface area is 503 Å². The number of nitrogens with two attached hydrogens (primary N) is 1. The first kappa shape index (κ1) is 60.2. The summed E-state index contributed by atoms with van der Waals surface area (Å²) in [5.74, 6) is 0.0828. The average Bonchev–Trinajstić information content (AvgIpc) is 1.41. The van der Waals surface area contributed by atoms with E-state index >= 15 is 0 Å². The Kier molecular flexibility index (Phi) is 15.6. The van der Waals surface area contributed by atoms with Crippen LogP contribution in [-0.4, -0.2) is 131 Å². The lowest BCUT2D eigenvalue weighted by Crippen LogP contribution is -2.84. The van der Waals surface area contributed by atoms with Gasteiger partial charge in [-0.2, -0.15) is 0 Å². The molecule has 0 radical (unpaired) electrons. The van der Waals surface area contributed by atoms with Gasteiger partial charge < -0.3 is 70.4 Å². The summed E-state index contributed by atoms with van der Waals surface area (Å²) in [5.41, 5.74) is 6.35. The van der Waals surface area contributed by atoms with Gasteiger partial charge >= 0.3 is 24.2 Å². The Bertz CT molecular complexity index is 3070. The summed E-state index contributed by atoms with van der Waals surface area (Å²) >= 11 is 0. The number of ether oxygens (including phenoxy) is 7. The summed E-state index contributed by atoms with van der Waals surface area (Å²) in [6.07, 6.45) is 13.5. The zero-order valence-electron chi connectivity index (χ0n) is 50.7. The second kappa shape index (κ2) is 22.2. The smallest absolute Gasteiger partial charge is 0.458 e. The molecule has 10 fully saturated rings. The number of aliphatic hydroxyl groups is 2. The number of primary amides is 1. The normalized spacial score (nSPS) is 38.1. The van der Waals surface area contributed by atoms with E-state index in [-0.39, 0.29) is 86.7 Å². The highest BCUT2D eigenvalue weighted by atomic mass is 16.8. The molecule has 12 aliphatic rings. The standard InChI is InChI=1S/C66H87N5O15/c1-34(2)65-52(85-65)53-66(86-53)63(8)27-25-43-44(33-80-55(43)75)51(63)50-31-64(66,84-50)56(65)83-60(79)81-32-37-14-20-41(21-15-37)69-54(74)47(12-10-28-68-58(67)77)70-57(76)61(5,6)71-59(78)82-49-30-42(72)29-40(36(49)4)19-16-38-11-9-26-62(7)45(22-23-46(38)62)35(3)13-24-48(73)39-17-18-39/h13-16,19-21,24,34-35,39,42,45-53,56,72-73H,4,9-12,17-18,22-23,25-33H2,1-3,5-8H3,(H,69,74)(H,70,76)(H,71,78)(H3,67,68,77)/b24-13+,38-16+,40-19-/t35-,42+,45?,46?,47?,48?,49-,50?,51+,52-,53-,56-,62+,63-,64+,65-,66+/m0/s1. The van der Waals surface area contributed by atoms with Crippen molar-refractivity contribution in [1.29, 1.82) is 0 Å². The van der Waals surface area contributed by atoms with Crippen LogP contribution in [0.15, 0.2) is 83.0 Å². The third-order valence-corrected chi connectivity index (χ3v) is 22.3. The molecule has 17 atom stereocenters. The van der Waals surface area contributed by atoms with Crippen LogP contribution in [0.5, 0.6) is 0 Å². The second-order valence-corrected chi connectivity index (χ2v) is 28.1. The molecule has 20 nitrogen and oxygen atoms in total. The Morgan fingerprint density at radius 1 is 0.953 bits per heavy atom. The molecule has 5 heterocycles. The number of rotatable bonds is 19. The van der Waals surface area contributed by atoms with Gasteiger partial charge in [0.05, 0.1) is 18.3 Å². The van der Waals surface area contributed by atoms with Gasteiger partial charge in [-0.3, -0.25) is 9.59 Å². The minimum absolute atomic E-state index is 0.0437. The maximum atomic E-state index is 14.0.